The van der Waals surface area contributed by atoms with Crippen LogP contribution >= 0.6 is 0 Å². The first-order valence-electron chi connectivity index (χ1n) is 23.2. The maximum Gasteiger partial charge on any atom is 0.137 e. The van der Waals surface area contributed by atoms with Crippen molar-refractivity contribution in [2.45, 2.75) is 38.9 Å². The van der Waals surface area contributed by atoms with Crippen LogP contribution in [0.25, 0.3) is 49.4 Å². The van der Waals surface area contributed by atoms with E-state index in [1.807, 2.05) is 0 Å². The molecule has 0 radical (unpaired) electrons. The highest BCUT2D eigenvalue weighted by Gasteiger charge is 2.36. The number of benzene rings is 9. The first kappa shape index (κ1) is 40.6. The zero-order chi connectivity index (χ0) is 45.6. The van der Waals surface area contributed by atoms with Gasteiger partial charge in [0.1, 0.15) is 23.0 Å². The number of allylic oxidation sites excluding steroid dienone is 4. The van der Waals surface area contributed by atoms with Crippen LogP contribution in [0.4, 0.5) is 28.4 Å². The summed E-state index contributed by atoms with van der Waals surface area (Å²) in [6, 6.07) is 65.4. The molecular formula is C62H50N2O2Si. The molecule has 9 aromatic carbocycles. The Morgan fingerprint density at radius 3 is 1.72 bits per heavy atom. The first-order chi connectivity index (χ1) is 32.5. The number of hydrogen-bond donors (Lipinski definition) is 0. The number of hydrogen-bond acceptors (Lipinski definition) is 4. The Hall–Kier alpha value is -7.86. The van der Waals surface area contributed by atoms with Gasteiger partial charge in [-0.05, 0) is 135 Å². The zero-order valence-electron chi connectivity index (χ0n) is 38.5. The van der Waals surface area contributed by atoms with Gasteiger partial charge in [0.25, 0.3) is 0 Å². The predicted octanol–water partition coefficient (Wildman–Crippen LogP) is 17.1. The lowest BCUT2D eigenvalue weighted by Gasteiger charge is -2.30. The fourth-order valence-electron chi connectivity index (χ4n) is 10.3. The lowest BCUT2D eigenvalue weighted by atomic mass is 9.83. The van der Waals surface area contributed by atoms with Crippen LogP contribution in [0.3, 0.4) is 0 Å². The molecule has 67 heavy (non-hydrogen) atoms. The van der Waals surface area contributed by atoms with Crippen molar-refractivity contribution in [1.82, 2.24) is 0 Å². The Morgan fingerprint density at radius 2 is 1.03 bits per heavy atom. The molecule has 0 saturated carbocycles. The van der Waals surface area contributed by atoms with Crippen molar-refractivity contribution in [3.8, 4) is 45.3 Å². The first-order valence-corrected chi connectivity index (χ1v) is 26.7. The highest BCUT2D eigenvalue weighted by molar-refractivity contribution is 6.88. The van der Waals surface area contributed by atoms with Gasteiger partial charge >= 0.3 is 0 Å². The van der Waals surface area contributed by atoms with Crippen molar-refractivity contribution < 1.29 is 9.47 Å². The molecule has 9 aromatic rings. The van der Waals surface area contributed by atoms with Gasteiger partial charge in [-0.15, -0.1) is 0 Å². The Labute approximate surface area is 394 Å². The minimum absolute atomic E-state index is 0.120. The van der Waals surface area contributed by atoms with Crippen LogP contribution in [0.5, 0.6) is 23.0 Å². The second kappa shape index (κ2) is 15.4. The zero-order valence-corrected chi connectivity index (χ0v) is 39.5. The van der Waals surface area contributed by atoms with Gasteiger partial charge in [0.2, 0.25) is 0 Å². The summed E-state index contributed by atoms with van der Waals surface area (Å²) in [5.74, 6) is 3.29. The Balaban J connectivity index is 0.906. The molecule has 0 aromatic heterocycles. The average molecular weight is 883 g/mol. The molecule has 0 atom stereocenters. The second-order valence-electron chi connectivity index (χ2n) is 19.5. The summed E-state index contributed by atoms with van der Waals surface area (Å²) in [5.41, 5.74) is 14.4. The lowest BCUT2D eigenvalue weighted by molar-refractivity contribution is 0.480. The van der Waals surface area contributed by atoms with Crippen molar-refractivity contribution in [3.63, 3.8) is 0 Å². The number of nitrogens with zero attached hydrogens (tertiary/aromatic N) is 2. The fraction of sp³-hybridized carbons (Fsp3) is 0.0968. The van der Waals surface area contributed by atoms with E-state index in [1.165, 1.54) is 32.7 Å². The summed E-state index contributed by atoms with van der Waals surface area (Å²) in [7, 11) is -1.49. The van der Waals surface area contributed by atoms with E-state index >= 15 is 0 Å². The monoisotopic (exact) mass is 882 g/mol. The molecule has 0 amide bonds. The Kier molecular flexibility index (Phi) is 9.32. The van der Waals surface area contributed by atoms with Crippen LogP contribution in [0, 0.1) is 0 Å². The van der Waals surface area contributed by atoms with E-state index in [1.54, 1.807) is 0 Å². The van der Waals surface area contributed by atoms with E-state index < -0.39 is 8.07 Å². The van der Waals surface area contributed by atoms with E-state index in [0.29, 0.717) is 0 Å². The van der Waals surface area contributed by atoms with Crippen LogP contribution in [0.15, 0.2) is 212 Å². The molecule has 0 fully saturated rings. The third-order valence-electron chi connectivity index (χ3n) is 14.1. The highest BCUT2D eigenvalue weighted by Crippen LogP contribution is 2.56. The summed E-state index contributed by atoms with van der Waals surface area (Å²) < 4.78 is 13.8. The molecule has 5 heteroatoms. The van der Waals surface area contributed by atoms with Crippen LogP contribution < -0.4 is 24.5 Å². The predicted molar refractivity (Wildman–Crippen MR) is 284 cm³/mol. The van der Waals surface area contributed by atoms with Gasteiger partial charge < -0.3 is 19.3 Å². The molecule has 0 N–H and O–H groups in total. The molecule has 1 aliphatic carbocycles. The van der Waals surface area contributed by atoms with E-state index in [9.17, 15) is 0 Å². The maximum atomic E-state index is 6.92. The number of ether oxygens (including phenoxy) is 2. The largest absolute Gasteiger partial charge is 0.456 e. The summed E-state index contributed by atoms with van der Waals surface area (Å²) in [4.78, 5) is 4.56. The number of fused-ring (bicyclic) bond motifs is 6. The summed E-state index contributed by atoms with van der Waals surface area (Å²) in [5, 5.41) is 5.99. The molecule has 324 valence electrons. The van der Waals surface area contributed by atoms with E-state index in [2.05, 4.69) is 250 Å². The van der Waals surface area contributed by atoms with Crippen LogP contribution in [0.2, 0.25) is 19.6 Å². The molecule has 2 aliphatic heterocycles. The van der Waals surface area contributed by atoms with Gasteiger partial charge in [-0.3, -0.25) is 0 Å². The quantitative estimate of drug-likeness (QED) is 0.142. The smallest absolute Gasteiger partial charge is 0.137 e. The molecule has 0 bridgehead atoms. The standard InChI is InChI=1S/C62H50N2O2Si/c1-40-49(50-19-12-13-21-55(50)62(40,2)3)20-14-36-63(43-17-8-7-9-18-43)45-26-30-51-53-32-35-57-61-54(33-34-56(60(53)61)65-58(51)38-45)52-31-27-47(39-59(52)66-57)64(44-24-28-48(29-25-44)67(4,5)6)46-23-22-41-15-10-11-16-42(41)37-46/h7-39H,1H2,2-6H3. The Bertz CT molecular complexity index is 3560. The summed E-state index contributed by atoms with van der Waals surface area (Å²) in [6.45, 7) is 16.2. The van der Waals surface area contributed by atoms with Gasteiger partial charge in [-0.25, -0.2) is 0 Å². The Morgan fingerprint density at radius 1 is 0.478 bits per heavy atom. The van der Waals surface area contributed by atoms with Crippen molar-refractivity contribution in [3.05, 3.63) is 224 Å². The molecule has 12 rings (SSSR count). The fourth-order valence-corrected chi connectivity index (χ4v) is 11.5. The van der Waals surface area contributed by atoms with Gasteiger partial charge in [-0.1, -0.05) is 136 Å². The molecule has 0 spiro atoms. The van der Waals surface area contributed by atoms with Crippen LogP contribution in [0.1, 0.15) is 25.0 Å². The van der Waals surface area contributed by atoms with Crippen molar-refractivity contribution in [1.29, 1.82) is 0 Å². The van der Waals surface area contributed by atoms with Gasteiger partial charge in [0.15, 0.2) is 0 Å². The van der Waals surface area contributed by atoms with Crippen molar-refractivity contribution in [2.75, 3.05) is 9.80 Å². The molecule has 4 nitrogen and oxygen atoms in total. The number of anilines is 5. The van der Waals surface area contributed by atoms with Gasteiger partial charge in [0, 0.05) is 74.1 Å². The minimum atomic E-state index is -1.49. The average Bonchev–Trinajstić information content (AvgIpc) is 3.54. The third kappa shape index (κ3) is 6.72. The minimum Gasteiger partial charge on any atom is -0.456 e. The highest BCUT2D eigenvalue weighted by atomic mass is 28.3. The molecule has 0 unspecified atom stereocenters. The van der Waals surface area contributed by atoms with Gasteiger partial charge in [0.05, 0.1) is 8.07 Å². The van der Waals surface area contributed by atoms with E-state index in [4.69, 9.17) is 9.47 Å². The second-order valence-corrected chi connectivity index (χ2v) is 24.6. The van der Waals surface area contributed by atoms with Crippen LogP contribution in [-0.4, -0.2) is 8.07 Å². The van der Waals surface area contributed by atoms with Gasteiger partial charge in [-0.2, -0.15) is 0 Å². The third-order valence-corrected chi connectivity index (χ3v) is 16.1. The normalized spacial score (nSPS) is 14.7. The molecule has 2 heterocycles. The molecule has 3 aliphatic rings. The maximum absolute atomic E-state index is 6.92. The number of para-hydroxylation sites is 1. The van der Waals surface area contributed by atoms with E-state index in [0.717, 1.165) is 90.0 Å². The summed E-state index contributed by atoms with van der Waals surface area (Å²) >= 11 is 0. The molecule has 0 saturated heterocycles. The summed E-state index contributed by atoms with van der Waals surface area (Å²) in [6.07, 6.45) is 6.47. The van der Waals surface area contributed by atoms with Crippen molar-refractivity contribution in [2.24, 2.45) is 0 Å². The van der Waals surface area contributed by atoms with Crippen molar-refractivity contribution >= 4 is 68.8 Å². The number of rotatable bonds is 8. The molecular weight excluding hydrogens is 833 g/mol. The lowest BCUT2D eigenvalue weighted by Crippen LogP contribution is -2.37. The topological polar surface area (TPSA) is 24.9 Å². The van der Waals surface area contributed by atoms with E-state index in [-0.39, 0.29) is 5.41 Å². The van der Waals surface area contributed by atoms with Crippen LogP contribution in [-0.2, 0) is 5.41 Å². The SMILES string of the molecule is C=C1C(=CC=CN(c2ccccc2)c2ccc3c(c2)Oc2ccc4c5c(ccc-3c25)Oc2cc(N(c3ccc([Si](C)(C)C)cc3)c3ccc5ccccc5c3)ccc2-4)c2ccccc2C1(C)C.